The van der Waals surface area contributed by atoms with E-state index in [2.05, 4.69) is 15.3 Å². The number of carbonyl (C=O) groups excluding carboxylic acids is 2. The molecule has 31 heavy (non-hydrogen) atoms. The Morgan fingerprint density at radius 3 is 2.42 bits per heavy atom. The largest absolute Gasteiger partial charge is 0.353 e. The molecule has 5 aliphatic rings. The molecule has 1 aromatic heterocycles. The van der Waals surface area contributed by atoms with Gasteiger partial charge in [0, 0.05) is 31.1 Å². The summed E-state index contributed by atoms with van der Waals surface area (Å²) in [7, 11) is 0. The zero-order valence-corrected chi connectivity index (χ0v) is 18.1. The summed E-state index contributed by atoms with van der Waals surface area (Å²) in [5.74, 6) is 2.96. The number of piperidine rings is 1. The average Bonchev–Trinajstić information content (AvgIpc) is 3.20. The molecule has 5 fully saturated rings. The van der Waals surface area contributed by atoms with Crippen LogP contribution in [-0.2, 0) is 4.79 Å². The van der Waals surface area contributed by atoms with Gasteiger partial charge in [-0.3, -0.25) is 9.59 Å². The molecule has 6 nitrogen and oxygen atoms in total. The Morgan fingerprint density at radius 2 is 1.74 bits per heavy atom. The molecule has 4 bridgehead atoms. The normalized spacial score (nSPS) is 32.5. The lowest BCUT2D eigenvalue weighted by molar-refractivity contribution is -0.130. The lowest BCUT2D eigenvalue weighted by atomic mass is 9.49. The zero-order chi connectivity index (χ0) is 21.0. The minimum atomic E-state index is 0.0647. The average molecular weight is 421 g/mol. The van der Waals surface area contributed by atoms with Gasteiger partial charge in [0.25, 0.3) is 5.91 Å². The van der Waals surface area contributed by atoms with Crippen molar-refractivity contribution >= 4 is 22.8 Å². The maximum Gasteiger partial charge on any atom is 0.253 e. The number of imidazole rings is 1. The molecule has 4 saturated carbocycles. The second-order valence-corrected chi connectivity index (χ2v) is 10.9. The molecule has 164 valence electrons. The molecule has 2 heterocycles. The van der Waals surface area contributed by atoms with Crippen LogP contribution in [0.3, 0.4) is 0 Å². The summed E-state index contributed by atoms with van der Waals surface area (Å²) in [6, 6.07) is 5.81. The number of nitrogens with zero attached hydrogens (tertiary/aromatic N) is 2. The first-order valence-corrected chi connectivity index (χ1v) is 12.1. The Kier molecular flexibility index (Phi) is 4.58. The molecule has 0 radical (unpaired) electrons. The molecule has 6 heteroatoms. The van der Waals surface area contributed by atoms with Gasteiger partial charge in [-0.05, 0) is 92.7 Å². The van der Waals surface area contributed by atoms with Crippen molar-refractivity contribution in [1.82, 2.24) is 20.2 Å². The third-order valence-corrected chi connectivity index (χ3v) is 8.52. The summed E-state index contributed by atoms with van der Waals surface area (Å²) in [4.78, 5) is 35.0. The molecule has 1 aromatic carbocycles. The second-order valence-electron chi connectivity index (χ2n) is 10.9. The van der Waals surface area contributed by atoms with Crippen molar-refractivity contribution < 1.29 is 9.59 Å². The van der Waals surface area contributed by atoms with Crippen LogP contribution in [0.5, 0.6) is 0 Å². The van der Waals surface area contributed by atoms with E-state index in [0.29, 0.717) is 24.1 Å². The SMILES string of the molecule is O=C(CC12CC3CC(CC(C3)C1)C2)NC1CCN(C(=O)c2ccc3nc[nH]c3c2)CC1. The van der Waals surface area contributed by atoms with Crippen molar-refractivity contribution in [3.05, 3.63) is 30.1 Å². The first kappa shape index (κ1) is 19.3. The van der Waals surface area contributed by atoms with Crippen molar-refractivity contribution in [3.8, 4) is 0 Å². The minimum Gasteiger partial charge on any atom is -0.353 e. The number of fused-ring (bicyclic) bond motifs is 1. The summed E-state index contributed by atoms with van der Waals surface area (Å²) in [6.07, 6.45) is 12.1. The number of aromatic amines is 1. The minimum absolute atomic E-state index is 0.0647. The fourth-order valence-corrected chi connectivity index (χ4v) is 7.60. The van der Waals surface area contributed by atoms with Gasteiger partial charge < -0.3 is 15.2 Å². The van der Waals surface area contributed by atoms with Gasteiger partial charge in [-0.15, -0.1) is 0 Å². The number of H-pyrrole nitrogens is 1. The molecular formula is C25H32N4O2. The van der Waals surface area contributed by atoms with Gasteiger partial charge in [0.2, 0.25) is 5.91 Å². The number of likely N-dealkylation sites (tertiary alicyclic amines) is 1. The van der Waals surface area contributed by atoms with Crippen LogP contribution in [0.4, 0.5) is 0 Å². The van der Waals surface area contributed by atoms with Gasteiger partial charge in [0.1, 0.15) is 0 Å². The zero-order valence-electron chi connectivity index (χ0n) is 18.1. The van der Waals surface area contributed by atoms with Gasteiger partial charge in [0.05, 0.1) is 17.4 Å². The molecule has 2 N–H and O–H groups in total. The fourth-order valence-electron chi connectivity index (χ4n) is 7.60. The van der Waals surface area contributed by atoms with E-state index in [0.717, 1.165) is 48.0 Å². The number of amides is 2. The van der Waals surface area contributed by atoms with Crippen LogP contribution in [0.15, 0.2) is 24.5 Å². The first-order chi connectivity index (χ1) is 15.1. The Balaban J connectivity index is 1.03. The van der Waals surface area contributed by atoms with E-state index in [9.17, 15) is 9.59 Å². The van der Waals surface area contributed by atoms with Crippen molar-refractivity contribution in [2.24, 2.45) is 23.2 Å². The monoisotopic (exact) mass is 420 g/mol. The second kappa shape index (κ2) is 7.35. The van der Waals surface area contributed by atoms with Crippen LogP contribution in [-0.4, -0.2) is 45.8 Å². The van der Waals surface area contributed by atoms with Crippen LogP contribution >= 0.6 is 0 Å². The maximum atomic E-state index is 12.9. The Bertz CT molecular complexity index is 969. The molecule has 1 aliphatic heterocycles. The van der Waals surface area contributed by atoms with E-state index in [1.54, 1.807) is 6.33 Å². The molecule has 0 spiro atoms. The predicted octanol–water partition coefficient (Wildman–Crippen LogP) is 3.89. The lowest BCUT2D eigenvalue weighted by Gasteiger charge is -2.56. The van der Waals surface area contributed by atoms with Crippen LogP contribution in [0.1, 0.15) is 68.1 Å². The Morgan fingerprint density at radius 1 is 1.06 bits per heavy atom. The highest BCUT2D eigenvalue weighted by molar-refractivity contribution is 5.97. The number of hydrogen-bond acceptors (Lipinski definition) is 3. The van der Waals surface area contributed by atoms with Crippen molar-refractivity contribution in [2.75, 3.05) is 13.1 Å². The van der Waals surface area contributed by atoms with Gasteiger partial charge in [-0.25, -0.2) is 4.98 Å². The maximum absolute atomic E-state index is 12.9. The molecule has 7 rings (SSSR count). The quantitative estimate of drug-likeness (QED) is 0.788. The van der Waals surface area contributed by atoms with Crippen LogP contribution in [0.2, 0.25) is 0 Å². The van der Waals surface area contributed by atoms with Crippen molar-refractivity contribution in [1.29, 1.82) is 0 Å². The van der Waals surface area contributed by atoms with Gasteiger partial charge in [0.15, 0.2) is 0 Å². The lowest BCUT2D eigenvalue weighted by Crippen LogP contribution is -2.50. The summed E-state index contributed by atoms with van der Waals surface area (Å²) in [5.41, 5.74) is 2.75. The van der Waals surface area contributed by atoms with E-state index in [4.69, 9.17) is 0 Å². The highest BCUT2D eigenvalue weighted by Crippen LogP contribution is 2.61. The summed E-state index contributed by atoms with van der Waals surface area (Å²) >= 11 is 0. The number of nitrogens with one attached hydrogen (secondary N) is 2. The van der Waals surface area contributed by atoms with E-state index in [1.165, 1.54) is 38.5 Å². The van der Waals surface area contributed by atoms with Crippen LogP contribution in [0.25, 0.3) is 11.0 Å². The number of rotatable bonds is 4. The molecule has 0 atom stereocenters. The van der Waals surface area contributed by atoms with Gasteiger partial charge in [-0.2, -0.15) is 0 Å². The molecule has 1 saturated heterocycles. The van der Waals surface area contributed by atoms with E-state index in [1.807, 2.05) is 23.1 Å². The topological polar surface area (TPSA) is 78.1 Å². The Labute approximate surface area is 183 Å². The molecule has 0 unspecified atom stereocenters. The number of benzene rings is 1. The van der Waals surface area contributed by atoms with Crippen molar-refractivity contribution in [2.45, 2.75) is 63.8 Å². The van der Waals surface area contributed by atoms with E-state index < -0.39 is 0 Å². The predicted molar refractivity (Wildman–Crippen MR) is 118 cm³/mol. The molecular weight excluding hydrogens is 388 g/mol. The van der Waals surface area contributed by atoms with Gasteiger partial charge in [-0.1, -0.05) is 0 Å². The third-order valence-electron chi connectivity index (χ3n) is 8.52. The Hall–Kier alpha value is -2.37. The number of carbonyl (C=O) groups is 2. The van der Waals surface area contributed by atoms with Crippen molar-refractivity contribution in [3.63, 3.8) is 0 Å². The van der Waals surface area contributed by atoms with Crippen LogP contribution in [0, 0.1) is 23.2 Å². The highest BCUT2D eigenvalue weighted by atomic mass is 16.2. The van der Waals surface area contributed by atoms with E-state index in [-0.39, 0.29) is 17.9 Å². The third kappa shape index (κ3) is 3.64. The molecule has 4 aliphatic carbocycles. The molecule has 2 aromatic rings. The first-order valence-electron chi connectivity index (χ1n) is 12.1. The molecule has 2 amide bonds. The van der Waals surface area contributed by atoms with E-state index >= 15 is 0 Å². The summed E-state index contributed by atoms with van der Waals surface area (Å²) in [6.45, 7) is 1.39. The number of hydrogen-bond donors (Lipinski definition) is 2. The van der Waals surface area contributed by atoms with Gasteiger partial charge >= 0.3 is 0 Å². The summed E-state index contributed by atoms with van der Waals surface area (Å²) < 4.78 is 0. The standard InChI is InChI=1S/C25H32N4O2/c30-23(14-25-11-16-7-17(12-25)9-18(8-16)13-25)28-20-3-5-29(6-4-20)24(31)19-1-2-21-22(10-19)27-15-26-21/h1-2,10,15-18,20H,3-9,11-14H2,(H,26,27)(H,28,30). The fraction of sp³-hybridized carbons (Fsp3) is 0.640. The highest BCUT2D eigenvalue weighted by Gasteiger charge is 2.51. The number of aromatic nitrogens is 2. The smallest absolute Gasteiger partial charge is 0.253 e. The summed E-state index contributed by atoms with van der Waals surface area (Å²) in [5, 5.41) is 3.32. The van der Waals surface area contributed by atoms with Crippen LogP contribution < -0.4 is 5.32 Å².